The van der Waals surface area contributed by atoms with Crippen LogP contribution in [0.3, 0.4) is 0 Å². The molecule has 4 heteroatoms. The number of carbonyl (C=O) groups excluding carboxylic acids is 1. The highest BCUT2D eigenvalue weighted by atomic mass is 16.5. The normalized spacial score (nSPS) is 12.0. The first-order valence-corrected chi connectivity index (χ1v) is 6.27. The zero-order valence-electron chi connectivity index (χ0n) is 11.5. The molecular weight excluding hydrogens is 228 g/mol. The summed E-state index contributed by atoms with van der Waals surface area (Å²) in [6.45, 7) is 7.12. The van der Waals surface area contributed by atoms with Crippen molar-refractivity contribution < 1.29 is 9.53 Å². The molecule has 1 atom stereocenters. The number of hydrogen-bond donors (Lipinski definition) is 2. The van der Waals surface area contributed by atoms with Gasteiger partial charge in [-0.05, 0) is 45.5 Å². The maximum absolute atomic E-state index is 11.9. The van der Waals surface area contributed by atoms with Gasteiger partial charge < -0.3 is 15.4 Å². The van der Waals surface area contributed by atoms with Crippen molar-refractivity contribution in [1.82, 2.24) is 10.6 Å². The molecule has 2 N–H and O–H groups in total. The van der Waals surface area contributed by atoms with E-state index in [-0.39, 0.29) is 11.9 Å². The highest BCUT2D eigenvalue weighted by Gasteiger charge is 2.09. The number of ether oxygens (including phenoxy) is 1. The van der Waals surface area contributed by atoms with Crippen molar-refractivity contribution in [2.45, 2.75) is 26.8 Å². The average molecular weight is 250 g/mol. The number of likely N-dealkylation sites (N-methyl/N-ethyl adjacent to an activating group) is 1. The Kier molecular flexibility index (Phi) is 5.65. The van der Waals surface area contributed by atoms with Gasteiger partial charge in [-0.15, -0.1) is 0 Å². The maximum Gasteiger partial charge on any atom is 0.251 e. The van der Waals surface area contributed by atoms with Gasteiger partial charge in [0.05, 0.1) is 6.61 Å². The fourth-order valence-electron chi connectivity index (χ4n) is 1.50. The summed E-state index contributed by atoms with van der Waals surface area (Å²) in [5.74, 6) is 0.699. The molecule has 18 heavy (non-hydrogen) atoms. The summed E-state index contributed by atoms with van der Waals surface area (Å²) < 4.78 is 5.48. The summed E-state index contributed by atoms with van der Waals surface area (Å²) in [6.07, 6.45) is 0. The van der Waals surface area contributed by atoms with Crippen LogP contribution in [0, 0.1) is 6.92 Å². The largest absolute Gasteiger partial charge is 0.494 e. The predicted molar refractivity (Wildman–Crippen MR) is 73.2 cm³/mol. The number of nitrogens with one attached hydrogen (secondary N) is 2. The third-order valence-electron chi connectivity index (χ3n) is 2.81. The van der Waals surface area contributed by atoms with E-state index in [9.17, 15) is 4.79 Å². The van der Waals surface area contributed by atoms with Gasteiger partial charge in [0.2, 0.25) is 0 Å². The van der Waals surface area contributed by atoms with Gasteiger partial charge in [-0.25, -0.2) is 0 Å². The fourth-order valence-corrected chi connectivity index (χ4v) is 1.50. The molecule has 0 spiro atoms. The number of carbonyl (C=O) groups is 1. The van der Waals surface area contributed by atoms with Crippen LogP contribution in [0.1, 0.15) is 29.8 Å². The summed E-state index contributed by atoms with van der Waals surface area (Å²) in [5.41, 5.74) is 1.67. The molecule has 0 fully saturated rings. The fraction of sp³-hybridized carbons (Fsp3) is 0.500. The first-order chi connectivity index (χ1) is 8.58. The second-order valence-corrected chi connectivity index (χ2v) is 4.31. The Labute approximate surface area is 109 Å². The van der Waals surface area contributed by atoms with Gasteiger partial charge in [-0.2, -0.15) is 0 Å². The molecule has 1 rings (SSSR count). The minimum absolute atomic E-state index is 0.0712. The van der Waals surface area contributed by atoms with Gasteiger partial charge in [0, 0.05) is 18.2 Å². The molecule has 1 unspecified atom stereocenters. The van der Waals surface area contributed by atoms with E-state index in [2.05, 4.69) is 10.6 Å². The molecule has 0 aliphatic carbocycles. The minimum Gasteiger partial charge on any atom is -0.494 e. The molecule has 0 heterocycles. The van der Waals surface area contributed by atoms with Crippen LogP contribution < -0.4 is 15.4 Å². The molecule has 100 valence electrons. The second kappa shape index (κ2) is 7.01. The lowest BCUT2D eigenvalue weighted by atomic mass is 10.1. The third-order valence-corrected chi connectivity index (χ3v) is 2.81. The summed E-state index contributed by atoms with van der Waals surface area (Å²) >= 11 is 0. The van der Waals surface area contributed by atoms with Crippen LogP contribution in [0.15, 0.2) is 18.2 Å². The van der Waals surface area contributed by atoms with E-state index in [1.54, 1.807) is 6.07 Å². The monoisotopic (exact) mass is 250 g/mol. The first-order valence-electron chi connectivity index (χ1n) is 6.27. The minimum atomic E-state index is -0.0712. The molecule has 0 aromatic heterocycles. The molecular formula is C14H22N2O2. The summed E-state index contributed by atoms with van der Waals surface area (Å²) in [4.78, 5) is 11.9. The van der Waals surface area contributed by atoms with Crippen LogP contribution in [-0.4, -0.2) is 32.1 Å². The molecule has 0 aliphatic rings. The molecule has 0 radical (unpaired) electrons. The third kappa shape index (κ3) is 4.04. The Balaban J connectivity index is 2.71. The number of hydrogen-bond acceptors (Lipinski definition) is 3. The maximum atomic E-state index is 11.9. The van der Waals surface area contributed by atoms with E-state index >= 15 is 0 Å². The Morgan fingerprint density at radius 1 is 1.44 bits per heavy atom. The van der Waals surface area contributed by atoms with Gasteiger partial charge in [0.15, 0.2) is 0 Å². The number of benzene rings is 1. The zero-order chi connectivity index (χ0) is 13.5. The standard InChI is InChI=1S/C14H22N2O2/c1-5-18-13-8-12(7-6-10(13)2)14(17)16-9-11(3)15-4/h6-8,11,15H,5,9H2,1-4H3,(H,16,17). The van der Waals surface area contributed by atoms with Crippen molar-refractivity contribution in [3.63, 3.8) is 0 Å². The van der Waals surface area contributed by atoms with Crippen molar-refractivity contribution in [3.8, 4) is 5.75 Å². The van der Waals surface area contributed by atoms with Crippen LogP contribution in [0.4, 0.5) is 0 Å². The van der Waals surface area contributed by atoms with E-state index in [1.807, 2.05) is 40.0 Å². The Bertz CT molecular complexity index is 405. The van der Waals surface area contributed by atoms with Crippen molar-refractivity contribution in [2.24, 2.45) is 0 Å². The van der Waals surface area contributed by atoms with Gasteiger partial charge in [-0.3, -0.25) is 4.79 Å². The zero-order valence-corrected chi connectivity index (χ0v) is 11.5. The molecule has 1 amide bonds. The molecule has 0 bridgehead atoms. The van der Waals surface area contributed by atoms with Crippen LogP contribution in [0.5, 0.6) is 5.75 Å². The van der Waals surface area contributed by atoms with Crippen molar-refractivity contribution in [3.05, 3.63) is 29.3 Å². The summed E-state index contributed by atoms with van der Waals surface area (Å²) in [6, 6.07) is 5.77. The Hall–Kier alpha value is -1.55. The van der Waals surface area contributed by atoms with E-state index in [4.69, 9.17) is 4.74 Å². The van der Waals surface area contributed by atoms with E-state index in [0.717, 1.165) is 11.3 Å². The van der Waals surface area contributed by atoms with Crippen molar-refractivity contribution >= 4 is 5.91 Å². The van der Waals surface area contributed by atoms with Crippen LogP contribution in [0.25, 0.3) is 0 Å². The quantitative estimate of drug-likeness (QED) is 0.808. The van der Waals surface area contributed by atoms with Crippen LogP contribution in [-0.2, 0) is 0 Å². The lowest BCUT2D eigenvalue weighted by Gasteiger charge is -2.13. The van der Waals surface area contributed by atoms with Crippen LogP contribution in [0.2, 0.25) is 0 Å². The SMILES string of the molecule is CCOc1cc(C(=O)NCC(C)NC)ccc1C. The second-order valence-electron chi connectivity index (χ2n) is 4.31. The van der Waals surface area contributed by atoms with Crippen LogP contribution >= 0.6 is 0 Å². The van der Waals surface area contributed by atoms with E-state index in [0.29, 0.717) is 18.7 Å². The summed E-state index contributed by atoms with van der Waals surface area (Å²) in [7, 11) is 1.87. The van der Waals surface area contributed by atoms with Crippen molar-refractivity contribution in [1.29, 1.82) is 0 Å². The predicted octanol–water partition coefficient (Wildman–Crippen LogP) is 1.73. The molecule has 1 aromatic carbocycles. The Morgan fingerprint density at radius 2 is 2.17 bits per heavy atom. The average Bonchev–Trinajstić information content (AvgIpc) is 2.38. The van der Waals surface area contributed by atoms with Gasteiger partial charge in [-0.1, -0.05) is 6.07 Å². The Morgan fingerprint density at radius 3 is 2.78 bits per heavy atom. The molecule has 0 aliphatic heterocycles. The van der Waals surface area contributed by atoms with E-state index < -0.39 is 0 Å². The molecule has 0 saturated heterocycles. The number of rotatable bonds is 6. The topological polar surface area (TPSA) is 50.4 Å². The van der Waals surface area contributed by atoms with Gasteiger partial charge in [0.25, 0.3) is 5.91 Å². The molecule has 1 aromatic rings. The number of amides is 1. The highest BCUT2D eigenvalue weighted by molar-refractivity contribution is 5.94. The van der Waals surface area contributed by atoms with Gasteiger partial charge in [0.1, 0.15) is 5.75 Å². The van der Waals surface area contributed by atoms with Crippen molar-refractivity contribution in [2.75, 3.05) is 20.2 Å². The first kappa shape index (κ1) is 14.5. The molecule has 0 saturated carbocycles. The summed E-state index contributed by atoms with van der Waals surface area (Å²) in [5, 5.41) is 5.95. The van der Waals surface area contributed by atoms with Gasteiger partial charge >= 0.3 is 0 Å². The molecule has 4 nitrogen and oxygen atoms in total. The smallest absolute Gasteiger partial charge is 0.251 e. The van der Waals surface area contributed by atoms with E-state index in [1.165, 1.54) is 0 Å². The lowest BCUT2D eigenvalue weighted by molar-refractivity contribution is 0.0950. The lowest BCUT2D eigenvalue weighted by Crippen LogP contribution is -2.37. The highest BCUT2D eigenvalue weighted by Crippen LogP contribution is 2.19. The number of aryl methyl sites for hydroxylation is 1.